The van der Waals surface area contributed by atoms with E-state index in [0.717, 1.165) is 22.6 Å². The first-order valence-corrected chi connectivity index (χ1v) is 11.6. The normalized spacial score (nSPS) is 10.8. The third kappa shape index (κ3) is 5.26. The number of aromatic nitrogens is 3. The molecular weight excluding hydrogens is 432 g/mol. The van der Waals surface area contributed by atoms with Gasteiger partial charge in [-0.15, -0.1) is 10.2 Å². The van der Waals surface area contributed by atoms with Gasteiger partial charge in [-0.25, -0.2) is 0 Å². The van der Waals surface area contributed by atoms with Gasteiger partial charge in [-0.3, -0.25) is 9.36 Å². The van der Waals surface area contributed by atoms with Gasteiger partial charge in [0.05, 0.1) is 12.9 Å². The Balaban J connectivity index is 1.57. The first-order valence-electron chi connectivity index (χ1n) is 10.6. The van der Waals surface area contributed by atoms with E-state index in [1.807, 2.05) is 78.3 Å². The standard InChI is InChI=1S/C26H26N4O2S/c1-19-10-7-8-11-21(19)17-29(2)24(31)18-33-26-28-27-25(20-12-9-15-23(16-20)32-3)30(26)22-13-5-4-6-14-22/h4-16H,17-18H2,1-3H3. The van der Waals surface area contributed by atoms with Gasteiger partial charge in [-0.2, -0.15) is 0 Å². The third-order valence-corrected chi connectivity index (χ3v) is 6.31. The van der Waals surface area contributed by atoms with Gasteiger partial charge in [0, 0.05) is 24.8 Å². The second-order valence-electron chi connectivity index (χ2n) is 7.67. The summed E-state index contributed by atoms with van der Waals surface area (Å²) >= 11 is 1.39. The van der Waals surface area contributed by atoms with E-state index in [-0.39, 0.29) is 11.7 Å². The SMILES string of the molecule is COc1cccc(-c2nnc(SCC(=O)N(C)Cc3ccccc3C)n2-c2ccccc2)c1. The molecule has 0 radical (unpaired) electrons. The Morgan fingerprint density at radius 3 is 2.52 bits per heavy atom. The quantitative estimate of drug-likeness (QED) is 0.348. The van der Waals surface area contributed by atoms with Gasteiger partial charge < -0.3 is 9.64 Å². The molecule has 0 N–H and O–H groups in total. The molecule has 0 fully saturated rings. The molecule has 0 aliphatic carbocycles. The molecule has 0 bridgehead atoms. The predicted molar refractivity (Wildman–Crippen MR) is 132 cm³/mol. The molecular formula is C26H26N4O2S. The van der Waals surface area contributed by atoms with Crippen LogP contribution in [0, 0.1) is 6.92 Å². The molecule has 3 aromatic carbocycles. The van der Waals surface area contributed by atoms with E-state index in [0.29, 0.717) is 17.5 Å². The topological polar surface area (TPSA) is 60.3 Å². The molecule has 0 unspecified atom stereocenters. The first-order chi connectivity index (χ1) is 16.1. The van der Waals surface area contributed by atoms with Crippen LogP contribution in [0.5, 0.6) is 5.75 Å². The molecule has 4 rings (SSSR count). The summed E-state index contributed by atoms with van der Waals surface area (Å²) in [6.07, 6.45) is 0. The van der Waals surface area contributed by atoms with E-state index in [9.17, 15) is 4.79 Å². The fraction of sp³-hybridized carbons (Fsp3) is 0.192. The minimum atomic E-state index is 0.0359. The zero-order valence-electron chi connectivity index (χ0n) is 18.9. The maximum atomic E-state index is 12.9. The number of amides is 1. The smallest absolute Gasteiger partial charge is 0.233 e. The van der Waals surface area contributed by atoms with E-state index in [1.54, 1.807) is 12.0 Å². The van der Waals surface area contributed by atoms with Crippen LogP contribution in [-0.4, -0.2) is 45.5 Å². The van der Waals surface area contributed by atoms with Crippen LogP contribution in [0.25, 0.3) is 17.1 Å². The predicted octanol–water partition coefficient (Wildman–Crippen LogP) is 5.00. The molecule has 4 aromatic rings. The molecule has 0 saturated carbocycles. The summed E-state index contributed by atoms with van der Waals surface area (Å²) < 4.78 is 7.36. The summed E-state index contributed by atoms with van der Waals surface area (Å²) in [5.74, 6) is 1.75. The number of carbonyl (C=O) groups excluding carboxylic acids is 1. The number of thioether (sulfide) groups is 1. The van der Waals surface area contributed by atoms with E-state index in [4.69, 9.17) is 4.74 Å². The highest BCUT2D eigenvalue weighted by atomic mass is 32.2. The molecule has 0 saturated heterocycles. The number of nitrogens with zero attached hydrogens (tertiary/aromatic N) is 4. The minimum Gasteiger partial charge on any atom is -0.497 e. The van der Waals surface area contributed by atoms with Crippen molar-refractivity contribution in [3.63, 3.8) is 0 Å². The maximum Gasteiger partial charge on any atom is 0.233 e. The first kappa shape index (κ1) is 22.6. The molecule has 1 amide bonds. The highest BCUT2D eigenvalue weighted by Crippen LogP contribution is 2.29. The molecule has 168 valence electrons. The van der Waals surface area contributed by atoms with Crippen molar-refractivity contribution in [1.29, 1.82) is 0 Å². The molecule has 0 aliphatic rings. The van der Waals surface area contributed by atoms with Crippen molar-refractivity contribution in [3.05, 3.63) is 90.0 Å². The number of methoxy groups -OCH3 is 1. The zero-order valence-corrected chi connectivity index (χ0v) is 19.7. The Morgan fingerprint density at radius 2 is 1.76 bits per heavy atom. The van der Waals surface area contributed by atoms with Gasteiger partial charge in [0.15, 0.2) is 11.0 Å². The number of aryl methyl sites for hydroxylation is 1. The summed E-state index contributed by atoms with van der Waals surface area (Å²) in [4.78, 5) is 14.6. The Labute approximate surface area is 198 Å². The second-order valence-corrected chi connectivity index (χ2v) is 8.62. The zero-order chi connectivity index (χ0) is 23.2. The number of hydrogen-bond donors (Lipinski definition) is 0. The van der Waals surface area contributed by atoms with Crippen LogP contribution < -0.4 is 4.74 Å². The second kappa shape index (κ2) is 10.4. The van der Waals surface area contributed by atoms with E-state index < -0.39 is 0 Å². The molecule has 0 atom stereocenters. The van der Waals surface area contributed by atoms with Crippen molar-refractivity contribution < 1.29 is 9.53 Å². The highest BCUT2D eigenvalue weighted by molar-refractivity contribution is 7.99. The monoisotopic (exact) mass is 458 g/mol. The van der Waals surface area contributed by atoms with Crippen molar-refractivity contribution in [2.75, 3.05) is 19.9 Å². The van der Waals surface area contributed by atoms with Crippen molar-refractivity contribution in [2.24, 2.45) is 0 Å². The lowest BCUT2D eigenvalue weighted by atomic mass is 10.1. The number of para-hydroxylation sites is 1. The minimum absolute atomic E-state index is 0.0359. The summed E-state index contributed by atoms with van der Waals surface area (Å²) in [6.45, 7) is 2.64. The van der Waals surface area contributed by atoms with Crippen molar-refractivity contribution in [3.8, 4) is 22.8 Å². The van der Waals surface area contributed by atoms with Gasteiger partial charge in [0.2, 0.25) is 5.91 Å². The van der Waals surface area contributed by atoms with Crippen LogP contribution in [0.2, 0.25) is 0 Å². The number of carbonyl (C=O) groups is 1. The molecule has 0 spiro atoms. The van der Waals surface area contributed by atoms with Gasteiger partial charge in [0.25, 0.3) is 0 Å². The molecule has 1 heterocycles. The van der Waals surface area contributed by atoms with Crippen LogP contribution in [0.15, 0.2) is 84.0 Å². The number of benzene rings is 3. The summed E-state index contributed by atoms with van der Waals surface area (Å²) in [5.41, 5.74) is 4.15. The summed E-state index contributed by atoms with van der Waals surface area (Å²) in [6, 6.07) is 25.8. The number of hydrogen-bond acceptors (Lipinski definition) is 5. The lowest BCUT2D eigenvalue weighted by molar-refractivity contribution is -0.127. The fourth-order valence-electron chi connectivity index (χ4n) is 3.49. The van der Waals surface area contributed by atoms with Crippen LogP contribution in [0.3, 0.4) is 0 Å². The Bertz CT molecular complexity index is 1240. The highest BCUT2D eigenvalue weighted by Gasteiger charge is 2.19. The van der Waals surface area contributed by atoms with Crippen molar-refractivity contribution in [1.82, 2.24) is 19.7 Å². The van der Waals surface area contributed by atoms with Gasteiger partial charge in [0.1, 0.15) is 5.75 Å². The third-order valence-electron chi connectivity index (χ3n) is 5.39. The van der Waals surface area contributed by atoms with Crippen LogP contribution in [-0.2, 0) is 11.3 Å². The van der Waals surface area contributed by atoms with E-state index >= 15 is 0 Å². The summed E-state index contributed by atoms with van der Waals surface area (Å²) in [7, 11) is 3.47. The molecule has 0 aliphatic heterocycles. The average Bonchev–Trinajstić information content (AvgIpc) is 3.28. The number of rotatable bonds is 8. The van der Waals surface area contributed by atoms with Gasteiger partial charge >= 0.3 is 0 Å². The summed E-state index contributed by atoms with van der Waals surface area (Å²) in [5, 5.41) is 9.53. The largest absolute Gasteiger partial charge is 0.497 e. The molecule has 1 aromatic heterocycles. The average molecular weight is 459 g/mol. The van der Waals surface area contributed by atoms with Crippen molar-refractivity contribution >= 4 is 17.7 Å². The van der Waals surface area contributed by atoms with Crippen LogP contribution in [0.1, 0.15) is 11.1 Å². The molecule has 33 heavy (non-hydrogen) atoms. The Kier molecular flexibility index (Phi) is 7.10. The maximum absolute atomic E-state index is 12.9. The van der Waals surface area contributed by atoms with Crippen LogP contribution in [0.4, 0.5) is 0 Å². The van der Waals surface area contributed by atoms with Crippen molar-refractivity contribution in [2.45, 2.75) is 18.6 Å². The Morgan fingerprint density at radius 1 is 1.00 bits per heavy atom. The van der Waals surface area contributed by atoms with E-state index in [1.165, 1.54) is 17.3 Å². The molecule has 7 heteroatoms. The van der Waals surface area contributed by atoms with Gasteiger partial charge in [-0.1, -0.05) is 66.4 Å². The number of ether oxygens (including phenoxy) is 1. The van der Waals surface area contributed by atoms with Crippen LogP contribution >= 0.6 is 11.8 Å². The fourth-order valence-corrected chi connectivity index (χ4v) is 4.38. The van der Waals surface area contributed by atoms with E-state index in [2.05, 4.69) is 29.3 Å². The van der Waals surface area contributed by atoms with Gasteiger partial charge in [-0.05, 0) is 42.3 Å². The Hall–Kier alpha value is -3.58. The lowest BCUT2D eigenvalue weighted by Crippen LogP contribution is -2.28. The molecule has 6 nitrogen and oxygen atoms in total. The lowest BCUT2D eigenvalue weighted by Gasteiger charge is -2.18.